The van der Waals surface area contributed by atoms with Crippen molar-refractivity contribution in [3.05, 3.63) is 78.4 Å². The Labute approximate surface area is 146 Å². The SMILES string of the molecule is CC(=O)Oc1c2ccccc2c(-c2ccccc2)c2ccc(C)cc12. The third-order valence-electron chi connectivity index (χ3n) is 4.44. The van der Waals surface area contributed by atoms with E-state index in [2.05, 4.69) is 36.4 Å². The van der Waals surface area contributed by atoms with Crippen LogP contribution in [-0.2, 0) is 4.79 Å². The van der Waals surface area contributed by atoms with Crippen LogP contribution in [0.4, 0.5) is 0 Å². The van der Waals surface area contributed by atoms with Gasteiger partial charge in [-0.1, -0.05) is 72.3 Å². The second-order valence-corrected chi connectivity index (χ2v) is 6.26. The number of fused-ring (bicyclic) bond motifs is 2. The number of esters is 1. The van der Waals surface area contributed by atoms with Gasteiger partial charge in [0.1, 0.15) is 5.75 Å². The highest BCUT2D eigenvalue weighted by atomic mass is 16.5. The summed E-state index contributed by atoms with van der Waals surface area (Å²) < 4.78 is 5.65. The molecule has 0 amide bonds. The van der Waals surface area contributed by atoms with E-state index < -0.39 is 0 Å². The van der Waals surface area contributed by atoms with Crippen LogP contribution in [-0.4, -0.2) is 5.97 Å². The van der Waals surface area contributed by atoms with E-state index in [1.54, 1.807) is 0 Å². The summed E-state index contributed by atoms with van der Waals surface area (Å²) >= 11 is 0. The molecule has 0 aliphatic rings. The van der Waals surface area contributed by atoms with Gasteiger partial charge in [0.25, 0.3) is 0 Å². The highest BCUT2D eigenvalue weighted by Gasteiger charge is 2.17. The van der Waals surface area contributed by atoms with Crippen LogP contribution in [0.25, 0.3) is 32.7 Å². The maximum atomic E-state index is 11.7. The average Bonchev–Trinajstić information content (AvgIpc) is 2.62. The largest absolute Gasteiger partial charge is 0.425 e. The molecule has 0 bridgehead atoms. The molecule has 0 aromatic heterocycles. The Bertz CT molecular complexity index is 1100. The summed E-state index contributed by atoms with van der Waals surface area (Å²) in [4.78, 5) is 11.7. The van der Waals surface area contributed by atoms with E-state index in [1.165, 1.54) is 12.5 Å². The minimum atomic E-state index is -0.305. The fraction of sp³-hybridized carbons (Fsp3) is 0.0870. The Morgan fingerprint density at radius 1 is 0.760 bits per heavy atom. The Kier molecular flexibility index (Phi) is 3.73. The smallest absolute Gasteiger partial charge is 0.308 e. The molecule has 0 unspecified atom stereocenters. The van der Waals surface area contributed by atoms with Gasteiger partial charge in [-0.3, -0.25) is 4.79 Å². The molecule has 0 saturated carbocycles. The molecule has 0 saturated heterocycles. The number of carbonyl (C=O) groups excluding carboxylic acids is 1. The number of aryl methyl sites for hydroxylation is 1. The molecule has 4 aromatic rings. The molecule has 2 nitrogen and oxygen atoms in total. The summed E-state index contributed by atoms with van der Waals surface area (Å²) in [6.45, 7) is 3.50. The van der Waals surface area contributed by atoms with Crippen LogP contribution in [0, 0.1) is 6.92 Å². The summed E-state index contributed by atoms with van der Waals surface area (Å²) in [7, 11) is 0. The lowest BCUT2D eigenvalue weighted by atomic mass is 9.90. The minimum absolute atomic E-state index is 0.305. The van der Waals surface area contributed by atoms with Gasteiger partial charge in [0.2, 0.25) is 0 Å². The molecule has 122 valence electrons. The number of benzene rings is 4. The maximum Gasteiger partial charge on any atom is 0.308 e. The maximum absolute atomic E-state index is 11.7. The standard InChI is InChI=1S/C23H18O2/c1-15-12-13-19-21(14-15)23(25-16(2)24)20-11-7-6-10-18(20)22(19)17-8-4-3-5-9-17/h3-14H,1-2H3. The lowest BCUT2D eigenvalue weighted by molar-refractivity contribution is -0.131. The summed E-state index contributed by atoms with van der Waals surface area (Å²) in [6, 6.07) is 24.8. The molecule has 4 aromatic carbocycles. The van der Waals surface area contributed by atoms with Gasteiger partial charge in [0.15, 0.2) is 0 Å². The van der Waals surface area contributed by atoms with Crippen molar-refractivity contribution in [2.75, 3.05) is 0 Å². The van der Waals surface area contributed by atoms with Crippen molar-refractivity contribution in [3.63, 3.8) is 0 Å². The first kappa shape index (κ1) is 15.4. The van der Waals surface area contributed by atoms with Crippen molar-refractivity contribution in [2.45, 2.75) is 13.8 Å². The fourth-order valence-corrected chi connectivity index (χ4v) is 3.42. The van der Waals surface area contributed by atoms with E-state index in [4.69, 9.17) is 4.74 Å². The van der Waals surface area contributed by atoms with Crippen molar-refractivity contribution >= 4 is 27.5 Å². The van der Waals surface area contributed by atoms with E-state index in [-0.39, 0.29) is 5.97 Å². The Morgan fingerprint density at radius 2 is 1.40 bits per heavy atom. The highest BCUT2D eigenvalue weighted by molar-refractivity contribution is 6.17. The number of hydrogen-bond acceptors (Lipinski definition) is 2. The zero-order valence-electron chi connectivity index (χ0n) is 14.2. The van der Waals surface area contributed by atoms with Crippen LogP contribution in [0.5, 0.6) is 5.75 Å². The molecule has 0 N–H and O–H groups in total. The Morgan fingerprint density at radius 3 is 2.12 bits per heavy atom. The summed E-state index contributed by atoms with van der Waals surface area (Å²) in [5.41, 5.74) is 3.46. The predicted octanol–water partition coefficient (Wildman–Crippen LogP) is 5.89. The third-order valence-corrected chi connectivity index (χ3v) is 4.44. The summed E-state index contributed by atoms with van der Waals surface area (Å²) in [5.74, 6) is 0.335. The van der Waals surface area contributed by atoms with Crippen LogP contribution in [0.2, 0.25) is 0 Å². The zero-order valence-corrected chi connectivity index (χ0v) is 14.2. The van der Waals surface area contributed by atoms with Gasteiger partial charge in [-0.15, -0.1) is 0 Å². The van der Waals surface area contributed by atoms with Gasteiger partial charge in [0.05, 0.1) is 0 Å². The fourth-order valence-electron chi connectivity index (χ4n) is 3.42. The number of hydrogen-bond donors (Lipinski definition) is 0. The zero-order chi connectivity index (χ0) is 17.4. The molecule has 0 spiro atoms. The molecule has 25 heavy (non-hydrogen) atoms. The van der Waals surface area contributed by atoms with E-state index in [0.717, 1.165) is 32.7 Å². The van der Waals surface area contributed by atoms with Crippen molar-refractivity contribution < 1.29 is 9.53 Å². The number of carbonyl (C=O) groups is 1. The van der Waals surface area contributed by atoms with E-state index in [1.807, 2.05) is 43.3 Å². The molecule has 0 heterocycles. The van der Waals surface area contributed by atoms with Gasteiger partial charge in [-0.05, 0) is 34.9 Å². The second-order valence-electron chi connectivity index (χ2n) is 6.26. The first-order valence-corrected chi connectivity index (χ1v) is 8.34. The molecule has 0 aliphatic carbocycles. The van der Waals surface area contributed by atoms with Gasteiger partial charge in [0, 0.05) is 17.7 Å². The predicted molar refractivity (Wildman–Crippen MR) is 103 cm³/mol. The quantitative estimate of drug-likeness (QED) is 0.261. The van der Waals surface area contributed by atoms with Crippen molar-refractivity contribution in [1.29, 1.82) is 0 Å². The third kappa shape index (κ3) is 2.66. The molecule has 0 fully saturated rings. The lowest BCUT2D eigenvalue weighted by Crippen LogP contribution is -2.03. The van der Waals surface area contributed by atoms with Gasteiger partial charge in [-0.2, -0.15) is 0 Å². The van der Waals surface area contributed by atoms with Gasteiger partial charge < -0.3 is 4.74 Å². The monoisotopic (exact) mass is 326 g/mol. The van der Waals surface area contributed by atoms with Crippen molar-refractivity contribution in [1.82, 2.24) is 0 Å². The molecule has 0 radical (unpaired) electrons. The van der Waals surface area contributed by atoms with Crippen molar-refractivity contribution in [2.24, 2.45) is 0 Å². The van der Waals surface area contributed by atoms with E-state index in [9.17, 15) is 4.79 Å². The molecule has 0 atom stereocenters. The van der Waals surface area contributed by atoms with E-state index >= 15 is 0 Å². The highest BCUT2D eigenvalue weighted by Crippen LogP contribution is 2.43. The van der Waals surface area contributed by atoms with Crippen LogP contribution in [0.15, 0.2) is 72.8 Å². The van der Waals surface area contributed by atoms with Crippen LogP contribution in [0.1, 0.15) is 12.5 Å². The van der Waals surface area contributed by atoms with Gasteiger partial charge in [-0.25, -0.2) is 0 Å². The molecule has 2 heteroatoms. The number of rotatable bonds is 2. The molecule has 0 aliphatic heterocycles. The Hall–Kier alpha value is -3.13. The topological polar surface area (TPSA) is 26.3 Å². The summed E-state index contributed by atoms with van der Waals surface area (Å²) in [6.07, 6.45) is 0. The van der Waals surface area contributed by atoms with Crippen molar-refractivity contribution in [3.8, 4) is 16.9 Å². The number of ether oxygens (including phenoxy) is 1. The van der Waals surface area contributed by atoms with Crippen LogP contribution < -0.4 is 4.74 Å². The van der Waals surface area contributed by atoms with E-state index in [0.29, 0.717) is 5.75 Å². The average molecular weight is 326 g/mol. The van der Waals surface area contributed by atoms with Gasteiger partial charge >= 0.3 is 5.97 Å². The lowest BCUT2D eigenvalue weighted by Gasteiger charge is -2.17. The van der Waals surface area contributed by atoms with Crippen LogP contribution >= 0.6 is 0 Å². The molecular formula is C23H18O2. The van der Waals surface area contributed by atoms with Crippen LogP contribution in [0.3, 0.4) is 0 Å². The Balaban J connectivity index is 2.23. The normalized spacial score (nSPS) is 11.0. The summed E-state index contributed by atoms with van der Waals surface area (Å²) in [5, 5.41) is 4.09. The minimum Gasteiger partial charge on any atom is -0.425 e. The second kappa shape index (κ2) is 6.06. The first-order valence-electron chi connectivity index (χ1n) is 8.34. The molecule has 4 rings (SSSR count). The molecular weight excluding hydrogens is 308 g/mol. The first-order chi connectivity index (χ1) is 12.1.